The number of hydrogen-bond acceptors (Lipinski definition) is 1. The van der Waals surface area contributed by atoms with E-state index in [1.165, 1.54) is 19.3 Å². The zero-order valence-electron chi connectivity index (χ0n) is 11.3. The third-order valence-electron chi connectivity index (χ3n) is 2.99. The molecule has 96 valence electrons. The maximum atomic E-state index is 5.56. The van der Waals surface area contributed by atoms with E-state index in [2.05, 4.69) is 50.3 Å². The minimum atomic E-state index is 0.478. The van der Waals surface area contributed by atoms with E-state index < -0.39 is 0 Å². The van der Waals surface area contributed by atoms with Crippen molar-refractivity contribution >= 4 is 0 Å². The molecule has 1 heterocycles. The van der Waals surface area contributed by atoms with Gasteiger partial charge in [-0.2, -0.15) is 0 Å². The van der Waals surface area contributed by atoms with Gasteiger partial charge in [0.25, 0.3) is 0 Å². The van der Waals surface area contributed by atoms with Crippen molar-refractivity contribution in [3.8, 4) is 0 Å². The van der Waals surface area contributed by atoms with Gasteiger partial charge in [-0.25, -0.2) is 0 Å². The highest BCUT2D eigenvalue weighted by molar-refractivity contribution is 4.99. The van der Waals surface area contributed by atoms with Gasteiger partial charge in [0, 0.05) is 0 Å². The Hall–Kier alpha value is -0.820. The lowest BCUT2D eigenvalue weighted by molar-refractivity contribution is 0.372. The summed E-state index contributed by atoms with van der Waals surface area (Å²) in [6.07, 6.45) is 21.3. The smallest absolute Gasteiger partial charge is 0.0879 e. The van der Waals surface area contributed by atoms with E-state index in [1.807, 2.05) is 0 Å². The number of allylic oxidation sites excluding steroid dienone is 4. The molecule has 1 aliphatic rings. The zero-order valence-corrected chi connectivity index (χ0v) is 11.3. The predicted molar refractivity (Wildman–Crippen MR) is 75.1 cm³/mol. The Kier molecular flexibility index (Phi) is 7.74. The highest BCUT2D eigenvalue weighted by atomic mass is 16.6. The van der Waals surface area contributed by atoms with Crippen LogP contribution in [0.25, 0.3) is 0 Å². The summed E-state index contributed by atoms with van der Waals surface area (Å²) in [6.45, 7) is 4.29. The van der Waals surface area contributed by atoms with E-state index in [9.17, 15) is 0 Å². The summed E-state index contributed by atoms with van der Waals surface area (Å²) in [7, 11) is 0. The van der Waals surface area contributed by atoms with E-state index in [1.54, 1.807) is 0 Å². The Morgan fingerprint density at radius 1 is 0.941 bits per heavy atom. The fourth-order valence-electron chi connectivity index (χ4n) is 1.81. The maximum absolute atomic E-state index is 5.56. The second kappa shape index (κ2) is 9.23. The first-order valence-electron chi connectivity index (χ1n) is 6.95. The molecule has 1 fully saturated rings. The standard InChI is InChI=1S/C16H26O/c1-3-5-7-8-9-10-11-12-14-16-15(17-16)13-6-4-2/h4,6,8-9,11-12,15-16H,3,5,7,10,13-14H2,1-2H3/b6-4-,9-8-,12-11-/t15-,16+/m0/s1. The van der Waals surface area contributed by atoms with E-state index in [0.717, 1.165) is 19.3 Å². The Morgan fingerprint density at radius 2 is 1.65 bits per heavy atom. The largest absolute Gasteiger partial charge is 0.369 e. The Balaban J connectivity index is 1.95. The Labute approximate surface area is 106 Å². The molecule has 0 aromatic rings. The minimum Gasteiger partial charge on any atom is -0.369 e. The van der Waals surface area contributed by atoms with Crippen LogP contribution in [0.1, 0.15) is 52.4 Å². The molecule has 1 rings (SSSR count). The monoisotopic (exact) mass is 234 g/mol. The van der Waals surface area contributed by atoms with E-state index in [-0.39, 0.29) is 0 Å². The van der Waals surface area contributed by atoms with Crippen molar-refractivity contribution in [2.75, 3.05) is 0 Å². The molecule has 1 nitrogen and oxygen atoms in total. The lowest BCUT2D eigenvalue weighted by Gasteiger charge is -1.88. The van der Waals surface area contributed by atoms with Gasteiger partial charge in [-0.3, -0.25) is 0 Å². The van der Waals surface area contributed by atoms with Crippen LogP contribution in [0, 0.1) is 0 Å². The van der Waals surface area contributed by atoms with E-state index >= 15 is 0 Å². The molecule has 1 saturated heterocycles. The Morgan fingerprint density at radius 3 is 2.35 bits per heavy atom. The second-order valence-corrected chi connectivity index (χ2v) is 4.57. The molecular formula is C16H26O. The third-order valence-corrected chi connectivity index (χ3v) is 2.99. The summed E-state index contributed by atoms with van der Waals surface area (Å²) in [5.41, 5.74) is 0. The fourth-order valence-corrected chi connectivity index (χ4v) is 1.81. The second-order valence-electron chi connectivity index (χ2n) is 4.57. The van der Waals surface area contributed by atoms with Crippen molar-refractivity contribution in [1.82, 2.24) is 0 Å². The van der Waals surface area contributed by atoms with Crippen molar-refractivity contribution in [3.05, 3.63) is 36.5 Å². The molecule has 1 heteroatoms. The van der Waals surface area contributed by atoms with Crippen molar-refractivity contribution < 1.29 is 4.74 Å². The van der Waals surface area contributed by atoms with Crippen molar-refractivity contribution in [2.45, 2.75) is 64.6 Å². The molecule has 0 saturated carbocycles. The highest BCUT2D eigenvalue weighted by Crippen LogP contribution is 2.28. The first-order valence-corrected chi connectivity index (χ1v) is 6.95. The van der Waals surface area contributed by atoms with Crippen LogP contribution in [0.4, 0.5) is 0 Å². The van der Waals surface area contributed by atoms with Crippen LogP contribution in [0.3, 0.4) is 0 Å². The summed E-state index contributed by atoms with van der Waals surface area (Å²) in [4.78, 5) is 0. The first kappa shape index (κ1) is 14.2. The molecule has 0 bridgehead atoms. The lowest BCUT2D eigenvalue weighted by Crippen LogP contribution is -1.89. The zero-order chi connectivity index (χ0) is 12.3. The van der Waals surface area contributed by atoms with Gasteiger partial charge in [0.2, 0.25) is 0 Å². The molecule has 0 radical (unpaired) electrons. The Bertz CT molecular complexity index is 263. The number of hydrogen-bond donors (Lipinski definition) is 0. The molecular weight excluding hydrogens is 208 g/mol. The summed E-state index contributed by atoms with van der Waals surface area (Å²) in [5, 5.41) is 0. The molecule has 1 aliphatic heterocycles. The summed E-state index contributed by atoms with van der Waals surface area (Å²) >= 11 is 0. The van der Waals surface area contributed by atoms with E-state index in [0.29, 0.717) is 12.2 Å². The summed E-state index contributed by atoms with van der Waals surface area (Å²) < 4.78 is 5.56. The highest BCUT2D eigenvalue weighted by Gasteiger charge is 2.35. The maximum Gasteiger partial charge on any atom is 0.0879 e. The number of rotatable bonds is 9. The fraction of sp³-hybridized carbons (Fsp3) is 0.625. The van der Waals surface area contributed by atoms with Gasteiger partial charge in [-0.1, -0.05) is 56.2 Å². The molecule has 17 heavy (non-hydrogen) atoms. The van der Waals surface area contributed by atoms with Crippen LogP contribution in [0.2, 0.25) is 0 Å². The molecule has 0 spiro atoms. The van der Waals surface area contributed by atoms with Crippen LogP contribution >= 0.6 is 0 Å². The summed E-state index contributed by atoms with van der Waals surface area (Å²) in [5.74, 6) is 0. The molecule has 2 atom stereocenters. The molecule has 0 amide bonds. The number of unbranched alkanes of at least 4 members (excludes halogenated alkanes) is 2. The van der Waals surface area contributed by atoms with Crippen molar-refractivity contribution in [3.63, 3.8) is 0 Å². The van der Waals surface area contributed by atoms with Crippen LogP contribution in [0.15, 0.2) is 36.5 Å². The molecule has 0 aromatic carbocycles. The predicted octanol–water partition coefficient (Wildman–Crippen LogP) is 4.80. The third kappa shape index (κ3) is 7.17. The van der Waals surface area contributed by atoms with Gasteiger partial charge in [0.05, 0.1) is 12.2 Å². The molecule has 0 aromatic heterocycles. The van der Waals surface area contributed by atoms with Crippen LogP contribution in [0.5, 0.6) is 0 Å². The van der Waals surface area contributed by atoms with Crippen LogP contribution in [-0.2, 0) is 4.74 Å². The number of epoxide rings is 1. The average molecular weight is 234 g/mol. The van der Waals surface area contributed by atoms with Crippen LogP contribution < -0.4 is 0 Å². The summed E-state index contributed by atoms with van der Waals surface area (Å²) in [6, 6.07) is 0. The van der Waals surface area contributed by atoms with Gasteiger partial charge in [0.1, 0.15) is 0 Å². The normalized spacial score (nSPS) is 24.4. The lowest BCUT2D eigenvalue weighted by atomic mass is 10.1. The first-order chi connectivity index (χ1) is 8.38. The van der Waals surface area contributed by atoms with Gasteiger partial charge in [-0.15, -0.1) is 0 Å². The topological polar surface area (TPSA) is 12.5 Å². The van der Waals surface area contributed by atoms with Crippen molar-refractivity contribution in [2.24, 2.45) is 0 Å². The SMILES string of the molecule is C/C=C\C[C@@H]1O[C@@H]1C/C=C\C/C=C\CCCC. The molecule has 0 unspecified atom stereocenters. The van der Waals surface area contributed by atoms with Crippen molar-refractivity contribution in [1.29, 1.82) is 0 Å². The van der Waals surface area contributed by atoms with Gasteiger partial charge in [-0.05, 0) is 32.6 Å². The van der Waals surface area contributed by atoms with E-state index in [4.69, 9.17) is 4.74 Å². The van der Waals surface area contributed by atoms with Crippen LogP contribution in [-0.4, -0.2) is 12.2 Å². The van der Waals surface area contributed by atoms with Gasteiger partial charge >= 0.3 is 0 Å². The van der Waals surface area contributed by atoms with Gasteiger partial charge < -0.3 is 4.74 Å². The number of ether oxygens (including phenoxy) is 1. The molecule has 0 N–H and O–H groups in total. The minimum absolute atomic E-state index is 0.478. The quantitative estimate of drug-likeness (QED) is 0.317. The van der Waals surface area contributed by atoms with Gasteiger partial charge in [0.15, 0.2) is 0 Å². The average Bonchev–Trinajstić information content (AvgIpc) is 3.09. The molecule has 0 aliphatic carbocycles.